The van der Waals surface area contributed by atoms with Crippen molar-refractivity contribution in [1.82, 2.24) is 9.88 Å². The van der Waals surface area contributed by atoms with Crippen LogP contribution in [0.5, 0.6) is 0 Å². The monoisotopic (exact) mass is 352 g/mol. The van der Waals surface area contributed by atoms with Crippen LogP contribution < -0.4 is 0 Å². The third kappa shape index (κ3) is 4.30. The van der Waals surface area contributed by atoms with E-state index in [1.54, 1.807) is 18.3 Å². The van der Waals surface area contributed by atoms with Crippen LogP contribution in [0, 0.1) is 11.6 Å². The van der Waals surface area contributed by atoms with Crippen LogP contribution in [0.4, 0.5) is 8.78 Å². The SMILES string of the molecule is O=C(c1c(F)cccc1F)N(CCc1ccccc1)Cc1ccccn1. The second kappa shape index (κ2) is 8.34. The van der Waals surface area contributed by atoms with Gasteiger partial charge in [-0.15, -0.1) is 0 Å². The number of amides is 1. The molecule has 0 spiro atoms. The van der Waals surface area contributed by atoms with Gasteiger partial charge in [0.1, 0.15) is 17.2 Å². The molecule has 0 N–H and O–H groups in total. The van der Waals surface area contributed by atoms with Gasteiger partial charge in [-0.05, 0) is 36.2 Å². The molecule has 1 aromatic heterocycles. The van der Waals surface area contributed by atoms with Crippen molar-refractivity contribution in [3.05, 3.63) is 101 Å². The molecule has 132 valence electrons. The zero-order chi connectivity index (χ0) is 18.4. The van der Waals surface area contributed by atoms with E-state index in [0.29, 0.717) is 18.7 Å². The number of hydrogen-bond acceptors (Lipinski definition) is 2. The summed E-state index contributed by atoms with van der Waals surface area (Å²) in [5, 5.41) is 0. The molecule has 3 aromatic rings. The van der Waals surface area contributed by atoms with Crippen molar-refractivity contribution in [2.45, 2.75) is 13.0 Å². The average Bonchev–Trinajstić information content (AvgIpc) is 2.66. The third-order valence-electron chi connectivity index (χ3n) is 4.06. The van der Waals surface area contributed by atoms with Crippen molar-refractivity contribution in [3.63, 3.8) is 0 Å². The highest BCUT2D eigenvalue weighted by Gasteiger charge is 2.23. The summed E-state index contributed by atoms with van der Waals surface area (Å²) in [5.41, 5.74) is 1.17. The molecule has 3 rings (SSSR count). The number of halogens is 2. The normalized spacial score (nSPS) is 10.5. The lowest BCUT2D eigenvalue weighted by atomic mass is 10.1. The molecule has 0 aliphatic rings. The van der Waals surface area contributed by atoms with Gasteiger partial charge in [0.05, 0.1) is 12.2 Å². The molecule has 0 unspecified atom stereocenters. The quantitative estimate of drug-likeness (QED) is 0.665. The lowest BCUT2D eigenvalue weighted by molar-refractivity contribution is 0.0733. The van der Waals surface area contributed by atoms with E-state index in [-0.39, 0.29) is 6.54 Å². The van der Waals surface area contributed by atoms with Gasteiger partial charge in [-0.3, -0.25) is 9.78 Å². The van der Waals surface area contributed by atoms with Gasteiger partial charge in [-0.1, -0.05) is 42.5 Å². The molecule has 1 heterocycles. The summed E-state index contributed by atoms with van der Waals surface area (Å²) >= 11 is 0. The summed E-state index contributed by atoms with van der Waals surface area (Å²) in [6.07, 6.45) is 2.20. The van der Waals surface area contributed by atoms with Crippen LogP contribution >= 0.6 is 0 Å². The van der Waals surface area contributed by atoms with Gasteiger partial charge >= 0.3 is 0 Å². The number of carbonyl (C=O) groups is 1. The molecule has 0 aliphatic heterocycles. The van der Waals surface area contributed by atoms with Crippen LogP contribution in [0.3, 0.4) is 0 Å². The van der Waals surface area contributed by atoms with E-state index in [0.717, 1.165) is 17.7 Å². The maximum atomic E-state index is 14.1. The minimum Gasteiger partial charge on any atom is -0.332 e. The Balaban J connectivity index is 1.85. The topological polar surface area (TPSA) is 33.2 Å². The zero-order valence-electron chi connectivity index (χ0n) is 14.1. The Morgan fingerprint density at radius 3 is 2.23 bits per heavy atom. The van der Waals surface area contributed by atoms with Crippen LogP contribution in [0.25, 0.3) is 0 Å². The number of carbonyl (C=O) groups excluding carboxylic acids is 1. The zero-order valence-corrected chi connectivity index (χ0v) is 14.1. The Morgan fingerprint density at radius 2 is 1.58 bits per heavy atom. The highest BCUT2D eigenvalue weighted by molar-refractivity contribution is 5.94. The molecule has 0 atom stereocenters. The number of pyridine rings is 1. The van der Waals surface area contributed by atoms with Gasteiger partial charge in [-0.2, -0.15) is 0 Å². The molecule has 0 aliphatic carbocycles. The summed E-state index contributed by atoms with van der Waals surface area (Å²) < 4.78 is 28.1. The second-order valence-corrected chi connectivity index (χ2v) is 5.88. The van der Waals surface area contributed by atoms with Crippen molar-refractivity contribution in [2.24, 2.45) is 0 Å². The highest BCUT2D eigenvalue weighted by atomic mass is 19.1. The van der Waals surface area contributed by atoms with E-state index < -0.39 is 23.1 Å². The molecule has 0 fully saturated rings. The summed E-state index contributed by atoms with van der Waals surface area (Å²) in [6, 6.07) is 18.4. The Morgan fingerprint density at radius 1 is 0.885 bits per heavy atom. The fraction of sp³-hybridized carbons (Fsp3) is 0.143. The number of aromatic nitrogens is 1. The first-order valence-electron chi connectivity index (χ1n) is 8.32. The Kier molecular flexibility index (Phi) is 5.69. The number of rotatable bonds is 6. The maximum absolute atomic E-state index is 14.1. The van der Waals surface area contributed by atoms with Crippen molar-refractivity contribution in [2.75, 3.05) is 6.54 Å². The van der Waals surface area contributed by atoms with Crippen LogP contribution in [-0.4, -0.2) is 22.3 Å². The van der Waals surface area contributed by atoms with Crippen LogP contribution in [0.2, 0.25) is 0 Å². The lowest BCUT2D eigenvalue weighted by Gasteiger charge is -2.23. The van der Waals surface area contributed by atoms with Gasteiger partial charge < -0.3 is 4.90 Å². The van der Waals surface area contributed by atoms with E-state index in [1.165, 1.54) is 11.0 Å². The molecule has 26 heavy (non-hydrogen) atoms. The lowest BCUT2D eigenvalue weighted by Crippen LogP contribution is -2.34. The summed E-state index contributed by atoms with van der Waals surface area (Å²) in [7, 11) is 0. The van der Waals surface area contributed by atoms with Crippen LogP contribution in [0.15, 0.2) is 72.9 Å². The molecule has 1 amide bonds. The van der Waals surface area contributed by atoms with Crippen molar-refractivity contribution >= 4 is 5.91 Å². The second-order valence-electron chi connectivity index (χ2n) is 5.88. The standard InChI is InChI=1S/C21H18F2N2O/c22-18-10-6-11-19(23)20(18)21(26)25(15-17-9-4-5-13-24-17)14-12-16-7-2-1-3-8-16/h1-11,13H,12,14-15H2. The van der Waals surface area contributed by atoms with E-state index in [4.69, 9.17) is 0 Å². The Labute approximate surface area is 150 Å². The first kappa shape index (κ1) is 17.7. The van der Waals surface area contributed by atoms with Crippen molar-refractivity contribution < 1.29 is 13.6 Å². The summed E-state index contributed by atoms with van der Waals surface area (Å²) in [5.74, 6) is -2.40. The van der Waals surface area contributed by atoms with E-state index in [9.17, 15) is 13.6 Å². The molecule has 2 aromatic carbocycles. The highest BCUT2D eigenvalue weighted by Crippen LogP contribution is 2.17. The fourth-order valence-electron chi connectivity index (χ4n) is 2.71. The predicted octanol–water partition coefficient (Wildman–Crippen LogP) is 4.24. The molecular formula is C21H18F2N2O. The van der Waals surface area contributed by atoms with Crippen molar-refractivity contribution in [1.29, 1.82) is 0 Å². The van der Waals surface area contributed by atoms with E-state index in [1.807, 2.05) is 36.4 Å². The molecule has 3 nitrogen and oxygen atoms in total. The molecule has 0 saturated carbocycles. The van der Waals surface area contributed by atoms with E-state index >= 15 is 0 Å². The summed E-state index contributed by atoms with van der Waals surface area (Å²) in [4.78, 5) is 18.5. The first-order chi connectivity index (χ1) is 12.6. The van der Waals surface area contributed by atoms with E-state index in [2.05, 4.69) is 4.98 Å². The maximum Gasteiger partial charge on any atom is 0.260 e. The fourth-order valence-corrected chi connectivity index (χ4v) is 2.71. The molecular weight excluding hydrogens is 334 g/mol. The van der Waals surface area contributed by atoms with Gasteiger partial charge in [-0.25, -0.2) is 8.78 Å². The first-order valence-corrected chi connectivity index (χ1v) is 8.32. The average molecular weight is 352 g/mol. The minimum atomic E-state index is -0.860. The van der Waals surface area contributed by atoms with Crippen molar-refractivity contribution in [3.8, 4) is 0 Å². The van der Waals surface area contributed by atoms with Crippen LogP contribution in [0.1, 0.15) is 21.6 Å². The molecule has 5 heteroatoms. The van der Waals surface area contributed by atoms with Crippen LogP contribution in [-0.2, 0) is 13.0 Å². The van der Waals surface area contributed by atoms with Gasteiger partial charge in [0.15, 0.2) is 0 Å². The number of nitrogens with zero attached hydrogens (tertiary/aromatic N) is 2. The number of benzene rings is 2. The minimum absolute atomic E-state index is 0.181. The Hall–Kier alpha value is -3.08. The van der Waals surface area contributed by atoms with Gasteiger partial charge in [0.25, 0.3) is 5.91 Å². The molecule has 0 radical (unpaired) electrons. The summed E-state index contributed by atoms with van der Waals surface area (Å²) in [6.45, 7) is 0.507. The van der Waals surface area contributed by atoms with Gasteiger partial charge in [0.2, 0.25) is 0 Å². The third-order valence-corrected chi connectivity index (χ3v) is 4.06. The molecule has 0 bridgehead atoms. The Bertz CT molecular complexity index is 849. The predicted molar refractivity (Wildman–Crippen MR) is 95.5 cm³/mol. The molecule has 0 saturated heterocycles. The number of hydrogen-bond donors (Lipinski definition) is 0. The smallest absolute Gasteiger partial charge is 0.260 e. The largest absolute Gasteiger partial charge is 0.332 e. The van der Waals surface area contributed by atoms with Gasteiger partial charge in [0, 0.05) is 12.7 Å².